The van der Waals surface area contributed by atoms with Crippen LogP contribution in [-0.2, 0) is 0 Å². The Bertz CT molecular complexity index is 187. The molecule has 0 bridgehead atoms. The molecule has 0 aromatic heterocycles. The smallest absolute Gasteiger partial charge is 0.0596 e. The van der Waals surface area contributed by atoms with Gasteiger partial charge in [-0.05, 0) is 36.5 Å². The fourth-order valence-corrected chi connectivity index (χ4v) is 2.70. The first-order valence-electron chi connectivity index (χ1n) is 6.28. The van der Waals surface area contributed by atoms with Crippen molar-refractivity contribution in [3.8, 4) is 0 Å². The van der Waals surface area contributed by atoms with Crippen LogP contribution in [0.3, 0.4) is 0 Å². The lowest BCUT2D eigenvalue weighted by atomic mass is 9.78. The summed E-state index contributed by atoms with van der Waals surface area (Å²) in [5, 5.41) is 10.1. The lowest BCUT2D eigenvalue weighted by Crippen LogP contribution is -2.24. The first-order valence-corrected chi connectivity index (χ1v) is 6.28. The van der Waals surface area contributed by atoms with Crippen LogP contribution in [0.1, 0.15) is 58.8 Å². The summed E-state index contributed by atoms with van der Waals surface area (Å²) in [6.45, 7) is 4.60. The van der Waals surface area contributed by atoms with E-state index in [9.17, 15) is 5.11 Å². The average Bonchev–Trinajstić information content (AvgIpc) is 2.89. The minimum atomic E-state index is -0.0130. The molecule has 0 aromatic rings. The SMILES string of the molecule is CC1CCC(CC(O)C2(C)CC2)CC1. The third-order valence-electron chi connectivity index (χ3n) is 4.54. The molecule has 2 fully saturated rings. The second kappa shape index (κ2) is 3.84. The predicted molar refractivity (Wildman–Crippen MR) is 59.1 cm³/mol. The third-order valence-corrected chi connectivity index (χ3v) is 4.54. The van der Waals surface area contributed by atoms with Gasteiger partial charge in [-0.25, -0.2) is 0 Å². The van der Waals surface area contributed by atoms with Gasteiger partial charge in [0.05, 0.1) is 6.10 Å². The molecule has 1 nitrogen and oxygen atoms in total. The van der Waals surface area contributed by atoms with E-state index in [1.165, 1.54) is 38.5 Å². The largest absolute Gasteiger partial charge is 0.393 e. The molecule has 2 aliphatic carbocycles. The number of rotatable bonds is 3. The first kappa shape index (κ1) is 10.5. The summed E-state index contributed by atoms with van der Waals surface area (Å²) in [4.78, 5) is 0. The Morgan fingerprint density at radius 1 is 1.21 bits per heavy atom. The van der Waals surface area contributed by atoms with Crippen molar-refractivity contribution < 1.29 is 5.11 Å². The Balaban J connectivity index is 1.75. The van der Waals surface area contributed by atoms with Gasteiger partial charge in [0.1, 0.15) is 0 Å². The van der Waals surface area contributed by atoms with Crippen LogP contribution in [0.2, 0.25) is 0 Å². The Morgan fingerprint density at radius 3 is 2.29 bits per heavy atom. The fourth-order valence-electron chi connectivity index (χ4n) is 2.70. The quantitative estimate of drug-likeness (QED) is 0.734. The molecule has 2 saturated carbocycles. The lowest BCUT2D eigenvalue weighted by molar-refractivity contribution is 0.0663. The van der Waals surface area contributed by atoms with E-state index >= 15 is 0 Å². The molecule has 0 spiro atoms. The van der Waals surface area contributed by atoms with Crippen molar-refractivity contribution in [3.05, 3.63) is 0 Å². The van der Waals surface area contributed by atoms with Gasteiger partial charge in [0.15, 0.2) is 0 Å². The zero-order valence-corrected chi connectivity index (χ0v) is 9.63. The molecule has 0 heterocycles. The summed E-state index contributed by atoms with van der Waals surface area (Å²) in [5.74, 6) is 1.75. The molecule has 1 heteroatoms. The van der Waals surface area contributed by atoms with Crippen molar-refractivity contribution >= 4 is 0 Å². The maximum atomic E-state index is 10.1. The molecule has 0 radical (unpaired) electrons. The average molecular weight is 196 g/mol. The maximum absolute atomic E-state index is 10.1. The molecule has 82 valence electrons. The number of hydrogen-bond donors (Lipinski definition) is 1. The molecule has 0 aliphatic heterocycles. The monoisotopic (exact) mass is 196 g/mol. The Labute approximate surface area is 87.9 Å². The topological polar surface area (TPSA) is 20.2 Å². The second-order valence-corrected chi connectivity index (χ2v) is 6.03. The van der Waals surface area contributed by atoms with Crippen molar-refractivity contribution in [1.29, 1.82) is 0 Å². The van der Waals surface area contributed by atoms with Crippen LogP contribution in [0.25, 0.3) is 0 Å². The fraction of sp³-hybridized carbons (Fsp3) is 1.00. The van der Waals surface area contributed by atoms with Gasteiger partial charge < -0.3 is 5.11 Å². The third kappa shape index (κ3) is 2.31. The van der Waals surface area contributed by atoms with E-state index in [1.807, 2.05) is 0 Å². The van der Waals surface area contributed by atoms with Gasteiger partial charge >= 0.3 is 0 Å². The summed E-state index contributed by atoms with van der Waals surface area (Å²) in [6.07, 6.45) is 9.03. The second-order valence-electron chi connectivity index (χ2n) is 6.03. The summed E-state index contributed by atoms with van der Waals surface area (Å²) in [7, 11) is 0. The van der Waals surface area contributed by atoms with Crippen LogP contribution in [0.4, 0.5) is 0 Å². The molecule has 0 saturated heterocycles. The van der Waals surface area contributed by atoms with E-state index in [0.29, 0.717) is 5.41 Å². The van der Waals surface area contributed by atoms with Crippen LogP contribution in [0.5, 0.6) is 0 Å². The van der Waals surface area contributed by atoms with E-state index in [2.05, 4.69) is 13.8 Å². The highest BCUT2D eigenvalue weighted by Crippen LogP contribution is 2.50. The highest BCUT2D eigenvalue weighted by molar-refractivity contribution is 4.95. The van der Waals surface area contributed by atoms with E-state index in [0.717, 1.165) is 18.3 Å². The molecule has 0 aromatic carbocycles. The molecule has 1 atom stereocenters. The zero-order valence-electron chi connectivity index (χ0n) is 9.63. The van der Waals surface area contributed by atoms with Crippen molar-refractivity contribution in [2.45, 2.75) is 64.9 Å². The minimum absolute atomic E-state index is 0.0130. The standard InChI is InChI=1S/C13H24O/c1-10-3-5-11(6-4-10)9-12(14)13(2)7-8-13/h10-12,14H,3-9H2,1-2H3. The van der Waals surface area contributed by atoms with E-state index in [-0.39, 0.29) is 6.10 Å². The van der Waals surface area contributed by atoms with Crippen molar-refractivity contribution in [3.63, 3.8) is 0 Å². The van der Waals surface area contributed by atoms with Gasteiger partial charge in [-0.3, -0.25) is 0 Å². The Hall–Kier alpha value is -0.0400. The zero-order chi connectivity index (χ0) is 10.2. The van der Waals surface area contributed by atoms with Crippen molar-refractivity contribution in [2.75, 3.05) is 0 Å². The minimum Gasteiger partial charge on any atom is -0.393 e. The maximum Gasteiger partial charge on any atom is 0.0596 e. The predicted octanol–water partition coefficient (Wildman–Crippen LogP) is 3.36. The molecular weight excluding hydrogens is 172 g/mol. The molecule has 14 heavy (non-hydrogen) atoms. The van der Waals surface area contributed by atoms with Gasteiger partial charge in [-0.1, -0.05) is 39.5 Å². The molecule has 0 amide bonds. The number of hydrogen-bond acceptors (Lipinski definition) is 1. The van der Waals surface area contributed by atoms with Crippen molar-refractivity contribution in [1.82, 2.24) is 0 Å². The molecular formula is C13H24O. The highest BCUT2D eigenvalue weighted by atomic mass is 16.3. The van der Waals surface area contributed by atoms with Gasteiger partial charge in [-0.15, -0.1) is 0 Å². The summed E-state index contributed by atoms with van der Waals surface area (Å²) < 4.78 is 0. The number of aliphatic hydroxyl groups is 1. The van der Waals surface area contributed by atoms with Crippen LogP contribution in [0.15, 0.2) is 0 Å². The van der Waals surface area contributed by atoms with E-state index in [4.69, 9.17) is 0 Å². The van der Waals surface area contributed by atoms with E-state index in [1.54, 1.807) is 0 Å². The Kier molecular flexibility index (Phi) is 2.88. The van der Waals surface area contributed by atoms with Gasteiger partial charge in [0.2, 0.25) is 0 Å². The van der Waals surface area contributed by atoms with Crippen LogP contribution in [-0.4, -0.2) is 11.2 Å². The van der Waals surface area contributed by atoms with Crippen LogP contribution >= 0.6 is 0 Å². The Morgan fingerprint density at radius 2 is 1.79 bits per heavy atom. The van der Waals surface area contributed by atoms with Gasteiger partial charge in [0, 0.05) is 0 Å². The van der Waals surface area contributed by atoms with Crippen LogP contribution in [0, 0.1) is 17.3 Å². The summed E-state index contributed by atoms with van der Waals surface area (Å²) in [5.41, 5.74) is 0.309. The van der Waals surface area contributed by atoms with Gasteiger partial charge in [0.25, 0.3) is 0 Å². The highest BCUT2D eigenvalue weighted by Gasteiger charge is 2.44. The number of aliphatic hydroxyl groups excluding tert-OH is 1. The molecule has 2 rings (SSSR count). The van der Waals surface area contributed by atoms with Crippen molar-refractivity contribution in [2.24, 2.45) is 17.3 Å². The van der Waals surface area contributed by atoms with Gasteiger partial charge in [-0.2, -0.15) is 0 Å². The first-order chi connectivity index (χ1) is 6.60. The van der Waals surface area contributed by atoms with Crippen LogP contribution < -0.4 is 0 Å². The summed E-state index contributed by atoms with van der Waals surface area (Å²) in [6, 6.07) is 0. The molecule has 1 unspecified atom stereocenters. The molecule has 2 aliphatic rings. The van der Waals surface area contributed by atoms with E-state index < -0.39 is 0 Å². The molecule has 1 N–H and O–H groups in total. The normalized spacial score (nSPS) is 37.9. The summed E-state index contributed by atoms with van der Waals surface area (Å²) >= 11 is 0. The lowest BCUT2D eigenvalue weighted by Gasteiger charge is -2.29.